The number of likely N-dealkylation sites (N-methyl/N-ethyl adjacent to an activating group) is 1. The van der Waals surface area contributed by atoms with E-state index in [4.69, 9.17) is 14.9 Å². The highest BCUT2D eigenvalue weighted by molar-refractivity contribution is 5.98. The van der Waals surface area contributed by atoms with E-state index in [1.807, 2.05) is 24.3 Å². The fourth-order valence-electron chi connectivity index (χ4n) is 3.43. The third kappa shape index (κ3) is 5.57. The van der Waals surface area contributed by atoms with Crippen LogP contribution in [0.3, 0.4) is 0 Å². The van der Waals surface area contributed by atoms with Gasteiger partial charge in [-0.15, -0.1) is 0 Å². The van der Waals surface area contributed by atoms with Gasteiger partial charge in [0.2, 0.25) is 6.41 Å². The summed E-state index contributed by atoms with van der Waals surface area (Å²) >= 11 is 0. The molecule has 0 radical (unpaired) electrons. The summed E-state index contributed by atoms with van der Waals surface area (Å²) in [6, 6.07) is 29.1. The number of hydrogen-bond acceptors (Lipinski definition) is 4. The van der Waals surface area contributed by atoms with Crippen LogP contribution in [0, 0.1) is 0 Å². The zero-order valence-electron chi connectivity index (χ0n) is 17.5. The zero-order chi connectivity index (χ0) is 21.3. The molecule has 0 aliphatic rings. The predicted molar refractivity (Wildman–Crippen MR) is 122 cm³/mol. The van der Waals surface area contributed by atoms with Gasteiger partial charge in [0.25, 0.3) is 0 Å². The number of aliphatic hydroxyl groups excluding tert-OH is 1. The minimum Gasteiger partial charge on any atom is -0.492 e. The Bertz CT molecular complexity index is 935. The van der Waals surface area contributed by atoms with Gasteiger partial charge in [0.1, 0.15) is 12.4 Å². The van der Waals surface area contributed by atoms with Gasteiger partial charge in [-0.2, -0.15) is 0 Å². The van der Waals surface area contributed by atoms with Crippen molar-refractivity contribution in [2.24, 2.45) is 0 Å². The molecule has 0 spiro atoms. The van der Waals surface area contributed by atoms with Gasteiger partial charge in [-0.1, -0.05) is 79.7 Å². The van der Waals surface area contributed by atoms with Crippen molar-refractivity contribution < 1.29 is 14.9 Å². The standard InChI is InChI=1S/C26H29NO3/c1-3-24(20-10-6-4-7-11-20)25(21-12-8-5-9-13-21)22-14-16-23(17-15-22)30-19-18-27(2)26(28)29/h4-17,26,28-29H,3,18-19H2,1-2H3. The Morgan fingerprint density at radius 2 is 1.33 bits per heavy atom. The van der Waals surface area contributed by atoms with Crippen LogP contribution >= 0.6 is 0 Å². The van der Waals surface area contributed by atoms with Gasteiger partial charge < -0.3 is 14.9 Å². The van der Waals surface area contributed by atoms with Crippen molar-refractivity contribution in [1.29, 1.82) is 0 Å². The minimum absolute atomic E-state index is 0.374. The lowest BCUT2D eigenvalue weighted by Crippen LogP contribution is -2.34. The van der Waals surface area contributed by atoms with E-state index in [1.165, 1.54) is 27.2 Å². The van der Waals surface area contributed by atoms with Gasteiger partial charge in [-0.3, -0.25) is 4.90 Å². The lowest BCUT2D eigenvalue weighted by atomic mass is 9.88. The highest BCUT2D eigenvalue weighted by atomic mass is 16.5. The fraction of sp³-hybridized carbons (Fsp3) is 0.231. The van der Waals surface area contributed by atoms with Crippen molar-refractivity contribution in [3.05, 3.63) is 102 Å². The van der Waals surface area contributed by atoms with Crippen LogP contribution in [-0.4, -0.2) is 41.7 Å². The van der Waals surface area contributed by atoms with E-state index >= 15 is 0 Å². The number of rotatable bonds is 9. The topological polar surface area (TPSA) is 52.9 Å². The van der Waals surface area contributed by atoms with Gasteiger partial charge >= 0.3 is 0 Å². The first-order valence-corrected chi connectivity index (χ1v) is 10.2. The third-order valence-electron chi connectivity index (χ3n) is 5.09. The molecule has 3 rings (SSSR count). The molecule has 2 N–H and O–H groups in total. The summed E-state index contributed by atoms with van der Waals surface area (Å²) in [5, 5.41) is 18.2. The number of hydrogen-bond donors (Lipinski definition) is 2. The van der Waals surface area contributed by atoms with E-state index in [1.54, 1.807) is 7.05 Å². The molecule has 0 unspecified atom stereocenters. The second-order valence-corrected chi connectivity index (χ2v) is 7.14. The Labute approximate surface area is 178 Å². The lowest BCUT2D eigenvalue weighted by molar-refractivity contribution is -0.146. The number of benzene rings is 3. The number of nitrogens with zero attached hydrogens (tertiary/aromatic N) is 1. The quantitative estimate of drug-likeness (QED) is 0.404. The van der Waals surface area contributed by atoms with E-state index in [-0.39, 0.29) is 0 Å². The maximum absolute atomic E-state index is 9.11. The number of aliphatic hydroxyl groups is 2. The molecular weight excluding hydrogens is 374 g/mol. The van der Waals surface area contributed by atoms with Crippen LogP contribution in [0.2, 0.25) is 0 Å². The summed E-state index contributed by atoms with van der Waals surface area (Å²) < 4.78 is 5.76. The molecule has 0 saturated carbocycles. The van der Waals surface area contributed by atoms with E-state index < -0.39 is 6.41 Å². The molecule has 3 aromatic rings. The molecule has 0 heterocycles. The summed E-state index contributed by atoms with van der Waals surface area (Å²) in [5.41, 5.74) is 6.07. The van der Waals surface area contributed by atoms with Crippen molar-refractivity contribution >= 4 is 11.1 Å². The average molecular weight is 404 g/mol. The van der Waals surface area contributed by atoms with E-state index in [9.17, 15) is 0 Å². The second kappa shape index (κ2) is 10.7. The van der Waals surface area contributed by atoms with Crippen molar-refractivity contribution in [2.45, 2.75) is 19.8 Å². The summed E-state index contributed by atoms with van der Waals surface area (Å²) in [5.74, 6) is 0.754. The molecule has 0 aliphatic heterocycles. The van der Waals surface area contributed by atoms with Crippen LogP contribution in [0.15, 0.2) is 84.9 Å². The van der Waals surface area contributed by atoms with Crippen LogP contribution < -0.4 is 4.74 Å². The van der Waals surface area contributed by atoms with Crippen LogP contribution in [0.25, 0.3) is 11.1 Å². The van der Waals surface area contributed by atoms with Crippen LogP contribution in [-0.2, 0) is 0 Å². The molecule has 30 heavy (non-hydrogen) atoms. The van der Waals surface area contributed by atoms with Crippen molar-refractivity contribution in [1.82, 2.24) is 4.90 Å². The Balaban J connectivity index is 1.91. The number of allylic oxidation sites excluding steroid dienone is 1. The molecule has 4 heteroatoms. The van der Waals surface area contributed by atoms with E-state index in [2.05, 4.69) is 67.6 Å². The smallest absolute Gasteiger partial charge is 0.213 e. The normalized spacial score (nSPS) is 12.2. The predicted octanol–water partition coefficient (Wildman–Crippen LogP) is 4.63. The molecular formula is C26H29NO3. The Morgan fingerprint density at radius 3 is 1.87 bits per heavy atom. The molecule has 3 aromatic carbocycles. The molecule has 0 aromatic heterocycles. The maximum Gasteiger partial charge on any atom is 0.213 e. The SMILES string of the molecule is CCC(=C(c1ccccc1)c1ccc(OCCN(C)C(O)O)cc1)c1ccccc1. The second-order valence-electron chi connectivity index (χ2n) is 7.14. The van der Waals surface area contributed by atoms with Crippen LogP contribution in [0.4, 0.5) is 0 Å². The fourth-order valence-corrected chi connectivity index (χ4v) is 3.43. The summed E-state index contributed by atoms with van der Waals surface area (Å²) in [6.07, 6.45) is -0.553. The Kier molecular flexibility index (Phi) is 7.80. The lowest BCUT2D eigenvalue weighted by Gasteiger charge is -2.19. The summed E-state index contributed by atoms with van der Waals surface area (Å²) in [6.45, 7) is 2.98. The van der Waals surface area contributed by atoms with Crippen molar-refractivity contribution in [3.8, 4) is 5.75 Å². The highest BCUT2D eigenvalue weighted by Gasteiger charge is 2.13. The first kappa shape index (κ1) is 21.8. The molecule has 0 aliphatic carbocycles. The molecule has 0 saturated heterocycles. The van der Waals surface area contributed by atoms with Gasteiger partial charge in [-0.05, 0) is 53.4 Å². The largest absolute Gasteiger partial charge is 0.492 e. The van der Waals surface area contributed by atoms with Crippen LogP contribution in [0.1, 0.15) is 30.0 Å². The zero-order valence-corrected chi connectivity index (χ0v) is 17.5. The molecule has 0 fully saturated rings. The molecule has 156 valence electrons. The van der Waals surface area contributed by atoms with Crippen LogP contribution in [0.5, 0.6) is 5.75 Å². The molecule has 4 nitrogen and oxygen atoms in total. The molecule has 0 atom stereocenters. The van der Waals surface area contributed by atoms with Crippen molar-refractivity contribution in [3.63, 3.8) is 0 Å². The first-order valence-electron chi connectivity index (χ1n) is 10.2. The summed E-state index contributed by atoms with van der Waals surface area (Å²) in [4.78, 5) is 1.40. The summed E-state index contributed by atoms with van der Waals surface area (Å²) in [7, 11) is 1.63. The van der Waals surface area contributed by atoms with E-state index in [0.29, 0.717) is 13.2 Å². The average Bonchev–Trinajstić information content (AvgIpc) is 2.79. The number of ether oxygens (including phenoxy) is 1. The molecule has 0 bridgehead atoms. The van der Waals surface area contributed by atoms with Gasteiger partial charge in [0.15, 0.2) is 0 Å². The van der Waals surface area contributed by atoms with Gasteiger partial charge in [0, 0.05) is 6.54 Å². The Hall–Kier alpha value is -2.92. The van der Waals surface area contributed by atoms with Gasteiger partial charge in [0.05, 0.1) is 0 Å². The van der Waals surface area contributed by atoms with Crippen molar-refractivity contribution in [2.75, 3.05) is 20.2 Å². The minimum atomic E-state index is -1.47. The monoisotopic (exact) mass is 403 g/mol. The first-order chi connectivity index (χ1) is 14.6. The Morgan fingerprint density at radius 1 is 0.800 bits per heavy atom. The third-order valence-corrected chi connectivity index (χ3v) is 5.09. The molecule has 0 amide bonds. The van der Waals surface area contributed by atoms with Gasteiger partial charge in [-0.25, -0.2) is 0 Å². The maximum atomic E-state index is 9.11. The van der Waals surface area contributed by atoms with E-state index in [0.717, 1.165) is 17.7 Å². The highest BCUT2D eigenvalue weighted by Crippen LogP contribution is 2.34.